The molecule has 8 rings (SSSR count). The molecule has 276 valence electrons. The van der Waals surface area contributed by atoms with E-state index in [1.807, 2.05) is 24.3 Å². The summed E-state index contributed by atoms with van der Waals surface area (Å²) < 4.78 is 46.0. The molecular formula is C41H35F3N4O6. The van der Waals surface area contributed by atoms with E-state index in [1.54, 1.807) is 13.8 Å². The molecule has 0 radical (unpaired) electrons. The van der Waals surface area contributed by atoms with Crippen molar-refractivity contribution in [2.45, 2.75) is 57.9 Å². The highest BCUT2D eigenvalue weighted by atomic mass is 19.1. The molecule has 2 fully saturated rings. The predicted molar refractivity (Wildman–Crippen MR) is 198 cm³/mol. The maximum absolute atomic E-state index is 15.0. The van der Waals surface area contributed by atoms with Crippen LogP contribution in [0.1, 0.15) is 86.1 Å². The largest absolute Gasteiger partial charge is 0.477 e. The van der Waals surface area contributed by atoms with E-state index in [0.29, 0.717) is 51.0 Å². The van der Waals surface area contributed by atoms with E-state index < -0.39 is 40.5 Å². The number of fused-ring (bicyclic) bond motifs is 2. The van der Waals surface area contributed by atoms with E-state index in [9.17, 15) is 42.6 Å². The lowest BCUT2D eigenvalue weighted by molar-refractivity contribution is 0.0683. The fourth-order valence-corrected chi connectivity index (χ4v) is 7.22. The number of nitrogen functional groups attached to an aromatic ring is 1. The van der Waals surface area contributed by atoms with Crippen molar-refractivity contribution in [3.8, 4) is 22.3 Å². The van der Waals surface area contributed by atoms with Gasteiger partial charge in [0, 0.05) is 30.1 Å². The third kappa shape index (κ3) is 6.30. The van der Waals surface area contributed by atoms with Crippen LogP contribution in [0.15, 0.2) is 76.6 Å². The lowest BCUT2D eigenvalue weighted by Gasteiger charge is -2.16. The second-order valence-electron chi connectivity index (χ2n) is 13.8. The summed E-state index contributed by atoms with van der Waals surface area (Å²) in [5.74, 6) is -4.28. The van der Waals surface area contributed by atoms with E-state index in [1.165, 1.54) is 24.3 Å². The number of benzene rings is 2. The summed E-state index contributed by atoms with van der Waals surface area (Å²) in [6.07, 6.45) is 5.70. The van der Waals surface area contributed by atoms with E-state index in [-0.39, 0.29) is 34.2 Å². The lowest BCUT2D eigenvalue weighted by atomic mass is 9.95. The number of aromatic carboxylic acids is 2. The molecule has 0 spiro atoms. The fourth-order valence-electron chi connectivity index (χ4n) is 7.22. The molecular weight excluding hydrogens is 701 g/mol. The average molecular weight is 737 g/mol. The first-order chi connectivity index (χ1) is 25.7. The highest BCUT2D eigenvalue weighted by Gasteiger charge is 2.31. The second-order valence-corrected chi connectivity index (χ2v) is 13.8. The number of carboxylic acids is 2. The number of halogens is 3. The lowest BCUT2D eigenvalue weighted by Crippen LogP contribution is -2.24. The number of pyridine rings is 4. The third-order valence-corrected chi connectivity index (χ3v) is 10.2. The molecule has 6 aromatic rings. The van der Waals surface area contributed by atoms with Crippen LogP contribution < -0.4 is 22.6 Å². The molecule has 13 heteroatoms. The average Bonchev–Trinajstić information content (AvgIpc) is 4.06. The first-order valence-electron chi connectivity index (χ1n) is 17.3. The number of nitrogens with two attached hydrogens (primary N) is 2. The molecule has 0 atom stereocenters. The number of nitrogens with zero attached hydrogens (tertiary/aromatic N) is 2. The molecule has 0 unspecified atom stereocenters. The van der Waals surface area contributed by atoms with Gasteiger partial charge < -0.3 is 21.7 Å². The van der Waals surface area contributed by atoms with Gasteiger partial charge >= 0.3 is 11.9 Å². The van der Waals surface area contributed by atoms with Gasteiger partial charge in [-0.3, -0.25) is 18.4 Å². The standard InChI is InChI=1S/C21H19FN2O3.C20H16F2N2O3/c1-11-18(14-4-2-12(9-23)3-5-14)17(22)10-24-19(11)15(13-6-7-13)8-16(20(24)25)21(26)27;1-9-17(11-4-5-16(23)14(21)6-11)15(22)8-24-18(9)12(10-2-3-10)7-13(19(24)25)20(26)27/h2-5,8,10,13H,6-7,9,23H2,1H3,(H,26,27);4-8,10H,2-3,23H2,1H3,(H,26,27). The van der Waals surface area contributed by atoms with Crippen LogP contribution in [0.4, 0.5) is 18.9 Å². The molecule has 2 aliphatic carbocycles. The fraction of sp³-hybridized carbons (Fsp3) is 0.220. The highest BCUT2D eigenvalue weighted by Crippen LogP contribution is 2.45. The number of rotatable bonds is 7. The van der Waals surface area contributed by atoms with Crippen LogP contribution in [-0.2, 0) is 6.54 Å². The molecule has 0 amide bonds. The number of carbonyl (C=O) groups is 2. The minimum absolute atomic E-state index is 0.0430. The molecule has 0 aliphatic heterocycles. The number of hydrogen-bond donors (Lipinski definition) is 4. The van der Waals surface area contributed by atoms with Crippen molar-refractivity contribution in [1.29, 1.82) is 0 Å². The third-order valence-electron chi connectivity index (χ3n) is 10.2. The van der Waals surface area contributed by atoms with Gasteiger partial charge in [-0.25, -0.2) is 22.8 Å². The SMILES string of the molecule is Cc1c(-c2ccc(CN)cc2)c(F)cn2c(=O)c(C(=O)O)cc(C3CC3)c12.Cc1c(-c2ccc(N)c(F)c2)c(F)cn2c(=O)c(C(=O)O)cc(C3CC3)c12. The Labute approximate surface area is 305 Å². The van der Waals surface area contributed by atoms with Crippen LogP contribution in [0.3, 0.4) is 0 Å². The molecule has 2 aromatic carbocycles. The van der Waals surface area contributed by atoms with Crippen LogP contribution in [0.5, 0.6) is 0 Å². The van der Waals surface area contributed by atoms with Crippen molar-refractivity contribution < 1.29 is 33.0 Å². The van der Waals surface area contributed by atoms with Gasteiger partial charge in [-0.15, -0.1) is 0 Å². The van der Waals surface area contributed by atoms with Crippen molar-refractivity contribution in [3.63, 3.8) is 0 Å². The molecule has 0 bridgehead atoms. The number of aromatic nitrogens is 2. The summed E-state index contributed by atoms with van der Waals surface area (Å²) in [4.78, 5) is 48.0. The Balaban J connectivity index is 0.000000167. The van der Waals surface area contributed by atoms with Gasteiger partial charge in [0.25, 0.3) is 11.1 Å². The number of carboxylic acid groups (broad SMARTS) is 2. The quantitative estimate of drug-likeness (QED) is 0.125. The minimum atomic E-state index is -1.35. The summed E-state index contributed by atoms with van der Waals surface area (Å²) in [6.45, 7) is 3.82. The summed E-state index contributed by atoms with van der Waals surface area (Å²) in [7, 11) is 0. The second kappa shape index (κ2) is 13.6. The Morgan fingerprint density at radius 1 is 0.685 bits per heavy atom. The van der Waals surface area contributed by atoms with Gasteiger partial charge in [0.15, 0.2) is 0 Å². The van der Waals surface area contributed by atoms with Crippen LogP contribution in [0, 0.1) is 31.3 Å². The number of anilines is 1. The smallest absolute Gasteiger partial charge is 0.341 e. The highest BCUT2D eigenvalue weighted by molar-refractivity contribution is 5.90. The molecule has 4 aromatic heterocycles. The number of hydrogen-bond acceptors (Lipinski definition) is 6. The van der Waals surface area contributed by atoms with Crippen molar-refractivity contribution in [2.75, 3.05) is 5.73 Å². The van der Waals surface area contributed by atoms with Gasteiger partial charge in [-0.1, -0.05) is 30.3 Å². The Kier molecular flexibility index (Phi) is 9.14. The maximum atomic E-state index is 15.0. The Hall–Kier alpha value is -6.21. The maximum Gasteiger partial charge on any atom is 0.341 e. The monoisotopic (exact) mass is 736 g/mol. The predicted octanol–water partition coefficient (Wildman–Crippen LogP) is 7.16. The van der Waals surface area contributed by atoms with E-state index in [4.69, 9.17) is 11.5 Å². The summed E-state index contributed by atoms with van der Waals surface area (Å²) in [5.41, 5.74) is 15.0. The van der Waals surface area contributed by atoms with Gasteiger partial charge in [-0.05, 0) is 115 Å². The first kappa shape index (κ1) is 36.2. The van der Waals surface area contributed by atoms with E-state index in [2.05, 4.69) is 0 Å². The van der Waals surface area contributed by atoms with Crippen molar-refractivity contribution >= 4 is 28.7 Å². The van der Waals surface area contributed by atoms with Gasteiger partial charge in [0.05, 0.1) is 16.7 Å². The molecule has 0 saturated heterocycles. The zero-order chi connectivity index (χ0) is 38.7. The summed E-state index contributed by atoms with van der Waals surface area (Å²) >= 11 is 0. The minimum Gasteiger partial charge on any atom is -0.477 e. The van der Waals surface area contributed by atoms with Crippen LogP contribution in [0.2, 0.25) is 0 Å². The van der Waals surface area contributed by atoms with E-state index >= 15 is 0 Å². The zero-order valence-corrected chi connectivity index (χ0v) is 29.3. The summed E-state index contributed by atoms with van der Waals surface area (Å²) in [5, 5.41) is 18.7. The van der Waals surface area contributed by atoms with Gasteiger partial charge in [0.1, 0.15) is 28.6 Å². The van der Waals surface area contributed by atoms with Crippen molar-refractivity contribution in [1.82, 2.24) is 8.80 Å². The van der Waals surface area contributed by atoms with Crippen LogP contribution >= 0.6 is 0 Å². The van der Waals surface area contributed by atoms with Crippen LogP contribution in [-0.4, -0.2) is 31.0 Å². The molecule has 10 nitrogen and oxygen atoms in total. The van der Waals surface area contributed by atoms with Crippen molar-refractivity contribution in [2.24, 2.45) is 5.73 Å². The van der Waals surface area contributed by atoms with Crippen molar-refractivity contribution in [3.05, 3.63) is 144 Å². The Bertz CT molecular complexity index is 2680. The number of aryl methyl sites for hydroxylation is 2. The molecule has 6 N–H and O–H groups in total. The van der Waals surface area contributed by atoms with Gasteiger partial charge in [0.2, 0.25) is 0 Å². The molecule has 54 heavy (non-hydrogen) atoms. The first-order valence-corrected chi connectivity index (χ1v) is 17.3. The van der Waals surface area contributed by atoms with Gasteiger partial charge in [-0.2, -0.15) is 0 Å². The van der Waals surface area contributed by atoms with Crippen LogP contribution in [0.25, 0.3) is 33.3 Å². The zero-order valence-electron chi connectivity index (χ0n) is 29.3. The normalized spacial score (nSPS) is 13.9. The topological polar surface area (TPSA) is 170 Å². The summed E-state index contributed by atoms with van der Waals surface area (Å²) in [6, 6.07) is 14.2. The molecule has 4 heterocycles. The Morgan fingerprint density at radius 3 is 1.50 bits per heavy atom. The molecule has 2 aliphatic rings. The Morgan fingerprint density at radius 2 is 1.11 bits per heavy atom. The molecule has 2 saturated carbocycles. The van der Waals surface area contributed by atoms with E-state index in [0.717, 1.165) is 64.1 Å².